The Morgan fingerprint density at radius 1 is 1.35 bits per heavy atom. The Bertz CT molecular complexity index is 351. The fourth-order valence-electron chi connectivity index (χ4n) is 1.51. The van der Waals surface area contributed by atoms with Crippen molar-refractivity contribution in [2.24, 2.45) is 0 Å². The lowest BCUT2D eigenvalue weighted by Gasteiger charge is -2.14. The van der Waals surface area contributed by atoms with Crippen LogP contribution in [-0.2, 0) is 4.79 Å². The zero-order valence-corrected chi connectivity index (χ0v) is 11.1. The molecule has 94 valence electrons. The predicted molar refractivity (Wildman–Crippen MR) is 71.2 cm³/mol. The van der Waals surface area contributed by atoms with E-state index in [1.807, 2.05) is 31.2 Å². The van der Waals surface area contributed by atoms with Crippen LogP contribution in [0.3, 0.4) is 0 Å². The van der Waals surface area contributed by atoms with E-state index in [-0.39, 0.29) is 11.9 Å². The maximum Gasteiger partial charge on any atom is 0.234 e. The molecule has 0 spiro atoms. The molecule has 4 heteroatoms. The van der Waals surface area contributed by atoms with E-state index in [0.717, 1.165) is 18.5 Å². The molecule has 0 aromatic heterocycles. The molecular formula is C13H19ClN2O. The first-order valence-corrected chi connectivity index (χ1v) is 6.26. The van der Waals surface area contributed by atoms with Gasteiger partial charge in [0.2, 0.25) is 5.91 Å². The molecule has 1 atom stereocenters. The molecule has 1 rings (SSSR count). The van der Waals surface area contributed by atoms with E-state index in [4.69, 9.17) is 11.6 Å². The van der Waals surface area contributed by atoms with Gasteiger partial charge in [-0.3, -0.25) is 4.79 Å². The largest absolute Gasteiger partial charge is 0.348 e. The molecule has 17 heavy (non-hydrogen) atoms. The smallest absolute Gasteiger partial charge is 0.234 e. The normalized spacial score (nSPS) is 12.2. The van der Waals surface area contributed by atoms with Crippen molar-refractivity contribution in [3.63, 3.8) is 0 Å². The highest BCUT2D eigenvalue weighted by Crippen LogP contribution is 2.15. The van der Waals surface area contributed by atoms with Gasteiger partial charge in [-0.1, -0.05) is 30.7 Å². The molecule has 0 bridgehead atoms. The van der Waals surface area contributed by atoms with E-state index in [1.54, 1.807) is 0 Å². The zero-order chi connectivity index (χ0) is 12.7. The van der Waals surface area contributed by atoms with Crippen LogP contribution >= 0.6 is 11.6 Å². The molecule has 1 unspecified atom stereocenters. The molecule has 0 aliphatic carbocycles. The van der Waals surface area contributed by atoms with E-state index in [9.17, 15) is 4.79 Å². The second kappa shape index (κ2) is 7.30. The highest BCUT2D eigenvalue weighted by Gasteiger charge is 2.08. The third kappa shape index (κ3) is 5.20. The van der Waals surface area contributed by atoms with Crippen molar-refractivity contribution >= 4 is 17.5 Å². The summed E-state index contributed by atoms with van der Waals surface area (Å²) in [4.78, 5) is 11.6. The van der Waals surface area contributed by atoms with Crippen LogP contribution in [0.25, 0.3) is 0 Å². The summed E-state index contributed by atoms with van der Waals surface area (Å²) in [7, 11) is 0. The first-order valence-electron chi connectivity index (χ1n) is 5.89. The molecule has 0 radical (unpaired) electrons. The zero-order valence-electron chi connectivity index (χ0n) is 10.3. The SMILES string of the molecule is CCCNCC(=O)NC(C)c1ccc(Cl)cc1. The van der Waals surface area contributed by atoms with Gasteiger partial charge < -0.3 is 10.6 Å². The number of benzene rings is 1. The van der Waals surface area contributed by atoms with E-state index < -0.39 is 0 Å². The molecule has 1 aromatic rings. The summed E-state index contributed by atoms with van der Waals surface area (Å²) in [5, 5.41) is 6.70. The summed E-state index contributed by atoms with van der Waals surface area (Å²) in [5.74, 6) is 0.0147. The van der Waals surface area contributed by atoms with Crippen molar-refractivity contribution < 1.29 is 4.79 Å². The van der Waals surface area contributed by atoms with Gasteiger partial charge >= 0.3 is 0 Å². The second-order valence-electron chi connectivity index (χ2n) is 4.02. The first-order chi connectivity index (χ1) is 8.13. The van der Waals surface area contributed by atoms with Crippen LogP contribution in [0.4, 0.5) is 0 Å². The molecule has 0 heterocycles. The topological polar surface area (TPSA) is 41.1 Å². The Balaban J connectivity index is 2.40. The van der Waals surface area contributed by atoms with Crippen molar-refractivity contribution in [1.29, 1.82) is 0 Å². The van der Waals surface area contributed by atoms with Crippen molar-refractivity contribution in [2.75, 3.05) is 13.1 Å². The predicted octanol–water partition coefficient (Wildman–Crippen LogP) is 2.52. The maximum atomic E-state index is 11.6. The quantitative estimate of drug-likeness (QED) is 0.766. The van der Waals surface area contributed by atoms with Gasteiger partial charge in [-0.15, -0.1) is 0 Å². The lowest BCUT2D eigenvalue weighted by molar-refractivity contribution is -0.120. The van der Waals surface area contributed by atoms with Crippen molar-refractivity contribution in [3.8, 4) is 0 Å². The molecule has 2 N–H and O–H groups in total. The Hall–Kier alpha value is -1.06. The summed E-state index contributed by atoms with van der Waals surface area (Å²) < 4.78 is 0. The van der Waals surface area contributed by atoms with Gasteiger partial charge in [-0.2, -0.15) is 0 Å². The summed E-state index contributed by atoms with van der Waals surface area (Å²) in [6.07, 6.45) is 1.03. The molecule has 0 aliphatic heterocycles. The van der Waals surface area contributed by atoms with Crippen LogP contribution < -0.4 is 10.6 Å². The lowest BCUT2D eigenvalue weighted by Crippen LogP contribution is -2.35. The summed E-state index contributed by atoms with van der Waals surface area (Å²) in [5.41, 5.74) is 1.05. The van der Waals surface area contributed by atoms with Crippen LogP contribution in [0, 0.1) is 0 Å². The van der Waals surface area contributed by atoms with Gasteiger partial charge in [-0.25, -0.2) is 0 Å². The number of amides is 1. The van der Waals surface area contributed by atoms with Gasteiger partial charge in [0.05, 0.1) is 12.6 Å². The van der Waals surface area contributed by atoms with Crippen molar-refractivity contribution in [1.82, 2.24) is 10.6 Å². The Morgan fingerprint density at radius 2 is 2.00 bits per heavy atom. The standard InChI is InChI=1S/C13H19ClN2O/c1-3-8-15-9-13(17)16-10(2)11-4-6-12(14)7-5-11/h4-7,10,15H,3,8-9H2,1-2H3,(H,16,17). The second-order valence-corrected chi connectivity index (χ2v) is 4.45. The van der Waals surface area contributed by atoms with E-state index in [0.29, 0.717) is 11.6 Å². The van der Waals surface area contributed by atoms with Gasteiger partial charge in [0, 0.05) is 5.02 Å². The van der Waals surface area contributed by atoms with Crippen LogP contribution in [0.15, 0.2) is 24.3 Å². The lowest BCUT2D eigenvalue weighted by atomic mass is 10.1. The number of carbonyl (C=O) groups is 1. The molecule has 3 nitrogen and oxygen atoms in total. The molecule has 1 aromatic carbocycles. The fraction of sp³-hybridized carbons (Fsp3) is 0.462. The van der Waals surface area contributed by atoms with Crippen LogP contribution in [0.1, 0.15) is 31.9 Å². The van der Waals surface area contributed by atoms with E-state index in [1.165, 1.54) is 0 Å². The first kappa shape index (κ1) is 14.0. The Kier molecular flexibility index (Phi) is 6.01. The molecule has 1 amide bonds. The Morgan fingerprint density at radius 3 is 2.59 bits per heavy atom. The fourth-order valence-corrected chi connectivity index (χ4v) is 1.63. The average Bonchev–Trinajstić information content (AvgIpc) is 2.30. The van der Waals surface area contributed by atoms with Gasteiger partial charge in [0.1, 0.15) is 0 Å². The number of rotatable bonds is 6. The number of nitrogens with one attached hydrogen (secondary N) is 2. The van der Waals surface area contributed by atoms with Crippen LogP contribution in [0.5, 0.6) is 0 Å². The molecule has 0 saturated heterocycles. The minimum absolute atomic E-state index is 0.00296. The molecule has 0 aliphatic rings. The molecule has 0 saturated carbocycles. The number of hydrogen-bond donors (Lipinski definition) is 2. The van der Waals surface area contributed by atoms with Gasteiger partial charge in [-0.05, 0) is 37.6 Å². The minimum atomic E-state index is 0.00296. The third-order valence-corrected chi connectivity index (χ3v) is 2.71. The van der Waals surface area contributed by atoms with Gasteiger partial charge in [0.15, 0.2) is 0 Å². The van der Waals surface area contributed by atoms with E-state index >= 15 is 0 Å². The highest BCUT2D eigenvalue weighted by atomic mass is 35.5. The number of halogens is 1. The monoisotopic (exact) mass is 254 g/mol. The Labute approximate surface area is 108 Å². The third-order valence-electron chi connectivity index (χ3n) is 2.46. The van der Waals surface area contributed by atoms with E-state index in [2.05, 4.69) is 17.6 Å². The van der Waals surface area contributed by atoms with Crippen molar-refractivity contribution in [3.05, 3.63) is 34.9 Å². The highest BCUT2D eigenvalue weighted by molar-refractivity contribution is 6.30. The summed E-state index contributed by atoms with van der Waals surface area (Å²) in [6, 6.07) is 7.51. The van der Waals surface area contributed by atoms with Crippen LogP contribution in [0.2, 0.25) is 5.02 Å². The average molecular weight is 255 g/mol. The maximum absolute atomic E-state index is 11.6. The minimum Gasteiger partial charge on any atom is -0.348 e. The summed E-state index contributed by atoms with van der Waals surface area (Å²) in [6.45, 7) is 5.26. The summed E-state index contributed by atoms with van der Waals surface area (Å²) >= 11 is 5.81. The number of carbonyl (C=O) groups excluding carboxylic acids is 1. The van der Waals surface area contributed by atoms with Gasteiger partial charge in [0.25, 0.3) is 0 Å². The number of hydrogen-bond acceptors (Lipinski definition) is 2. The molecule has 0 fully saturated rings. The van der Waals surface area contributed by atoms with Crippen molar-refractivity contribution in [2.45, 2.75) is 26.3 Å². The van der Waals surface area contributed by atoms with Crippen LogP contribution in [-0.4, -0.2) is 19.0 Å². The molecular weight excluding hydrogens is 236 g/mol.